The molecule has 156 valence electrons. The molecule has 0 unspecified atom stereocenters. The largest absolute Gasteiger partial charge is 0.465 e. The predicted octanol–water partition coefficient (Wildman–Crippen LogP) is 5.89. The lowest BCUT2D eigenvalue weighted by Gasteiger charge is -2.08. The molecule has 3 aromatic rings. The first-order valence-corrected chi connectivity index (χ1v) is 9.76. The second-order valence-electron chi connectivity index (χ2n) is 6.40. The highest BCUT2D eigenvalue weighted by Gasteiger charge is 2.16. The summed E-state index contributed by atoms with van der Waals surface area (Å²) >= 11 is 12.0. The number of ether oxygens (including phenoxy) is 1. The number of carbonyl (C=O) groups excluding carboxylic acids is 2. The average molecular weight is 455 g/mol. The van der Waals surface area contributed by atoms with Gasteiger partial charge in [-0.2, -0.15) is 5.26 Å². The number of furan rings is 1. The summed E-state index contributed by atoms with van der Waals surface area (Å²) in [5, 5.41) is 12.4. The highest BCUT2D eigenvalue weighted by atomic mass is 35.5. The zero-order chi connectivity index (χ0) is 22.5. The van der Waals surface area contributed by atoms with E-state index in [9.17, 15) is 14.9 Å². The predicted molar refractivity (Wildman–Crippen MR) is 119 cm³/mol. The number of methoxy groups -OCH3 is 1. The van der Waals surface area contributed by atoms with Gasteiger partial charge in [-0.1, -0.05) is 41.4 Å². The van der Waals surface area contributed by atoms with E-state index in [4.69, 9.17) is 32.4 Å². The van der Waals surface area contributed by atoms with E-state index in [2.05, 4.69) is 5.32 Å². The van der Waals surface area contributed by atoms with Gasteiger partial charge in [0.2, 0.25) is 0 Å². The van der Waals surface area contributed by atoms with Crippen molar-refractivity contribution >= 4 is 46.8 Å². The SMILES string of the molecule is COC(=O)c1cccc(-c2ccc(C=C(C#N)C(=O)Nc3cccc(Cl)c3Cl)o2)c1C. The van der Waals surface area contributed by atoms with Crippen molar-refractivity contribution in [3.05, 3.63) is 81.0 Å². The molecule has 1 amide bonds. The molecule has 0 fully saturated rings. The fraction of sp³-hybridized carbons (Fsp3) is 0.0870. The fourth-order valence-electron chi connectivity index (χ4n) is 2.89. The molecule has 0 aliphatic heterocycles. The lowest BCUT2D eigenvalue weighted by molar-refractivity contribution is -0.112. The summed E-state index contributed by atoms with van der Waals surface area (Å²) in [4.78, 5) is 24.4. The van der Waals surface area contributed by atoms with Crippen molar-refractivity contribution in [1.29, 1.82) is 5.26 Å². The molecule has 2 aromatic carbocycles. The Balaban J connectivity index is 1.88. The van der Waals surface area contributed by atoms with E-state index in [0.717, 1.165) is 0 Å². The van der Waals surface area contributed by atoms with Crippen LogP contribution in [0.25, 0.3) is 17.4 Å². The summed E-state index contributed by atoms with van der Waals surface area (Å²) in [6.45, 7) is 1.78. The van der Waals surface area contributed by atoms with E-state index in [0.29, 0.717) is 28.2 Å². The summed E-state index contributed by atoms with van der Waals surface area (Å²) in [5.74, 6) is -0.338. The van der Waals surface area contributed by atoms with E-state index in [1.54, 1.807) is 55.5 Å². The van der Waals surface area contributed by atoms with Crippen LogP contribution in [0, 0.1) is 18.3 Å². The number of amides is 1. The topological polar surface area (TPSA) is 92.3 Å². The van der Waals surface area contributed by atoms with Crippen LogP contribution < -0.4 is 5.32 Å². The summed E-state index contributed by atoms with van der Waals surface area (Å²) in [6.07, 6.45) is 1.32. The van der Waals surface area contributed by atoms with Crippen molar-refractivity contribution in [2.45, 2.75) is 6.92 Å². The Bertz CT molecular complexity index is 1240. The quantitative estimate of drug-likeness (QED) is 0.294. The standard InChI is InChI=1S/C23H16Cl2N2O4/c1-13-16(5-3-6-17(13)23(29)30-2)20-10-9-15(31-20)11-14(12-26)22(28)27-19-8-4-7-18(24)21(19)25/h3-11H,1-2H3,(H,27,28). The highest BCUT2D eigenvalue weighted by Crippen LogP contribution is 2.31. The van der Waals surface area contributed by atoms with Crippen LogP contribution in [0.1, 0.15) is 21.7 Å². The van der Waals surface area contributed by atoms with Gasteiger partial charge in [0.15, 0.2) is 0 Å². The number of nitriles is 1. The Morgan fingerprint density at radius 2 is 1.87 bits per heavy atom. The number of anilines is 1. The maximum atomic E-state index is 12.5. The van der Waals surface area contributed by atoms with Gasteiger partial charge in [0.25, 0.3) is 5.91 Å². The Hall–Kier alpha value is -3.53. The average Bonchev–Trinajstić information content (AvgIpc) is 3.23. The van der Waals surface area contributed by atoms with Crippen molar-refractivity contribution in [3.8, 4) is 17.4 Å². The number of benzene rings is 2. The molecule has 1 N–H and O–H groups in total. The molecule has 0 atom stereocenters. The molecule has 1 aromatic heterocycles. The number of hydrogen-bond acceptors (Lipinski definition) is 5. The third-order valence-electron chi connectivity index (χ3n) is 4.48. The van der Waals surface area contributed by atoms with Gasteiger partial charge in [0.05, 0.1) is 28.4 Å². The second-order valence-corrected chi connectivity index (χ2v) is 7.18. The van der Waals surface area contributed by atoms with E-state index < -0.39 is 11.9 Å². The zero-order valence-corrected chi connectivity index (χ0v) is 18.0. The summed E-state index contributed by atoms with van der Waals surface area (Å²) in [5.41, 5.74) is 1.90. The number of nitrogens with zero attached hydrogens (tertiary/aromatic N) is 1. The van der Waals surface area contributed by atoms with Crippen LogP contribution >= 0.6 is 23.2 Å². The molecule has 0 aliphatic rings. The van der Waals surface area contributed by atoms with Gasteiger partial charge in [-0.25, -0.2) is 4.79 Å². The molecule has 0 bridgehead atoms. The molecule has 0 radical (unpaired) electrons. The van der Waals surface area contributed by atoms with Gasteiger partial charge in [0, 0.05) is 11.6 Å². The van der Waals surface area contributed by atoms with Gasteiger partial charge >= 0.3 is 5.97 Å². The molecule has 1 heterocycles. The van der Waals surface area contributed by atoms with Crippen molar-refractivity contribution in [1.82, 2.24) is 0 Å². The molecule has 0 aliphatic carbocycles. The van der Waals surface area contributed by atoms with Crippen molar-refractivity contribution < 1.29 is 18.7 Å². The van der Waals surface area contributed by atoms with E-state index in [1.165, 1.54) is 13.2 Å². The highest BCUT2D eigenvalue weighted by molar-refractivity contribution is 6.44. The maximum Gasteiger partial charge on any atom is 0.338 e. The monoisotopic (exact) mass is 454 g/mol. The lowest BCUT2D eigenvalue weighted by Crippen LogP contribution is -2.13. The Morgan fingerprint density at radius 3 is 2.58 bits per heavy atom. The molecule has 31 heavy (non-hydrogen) atoms. The van der Waals surface area contributed by atoms with Crippen LogP contribution in [0.4, 0.5) is 5.69 Å². The Kier molecular flexibility index (Phi) is 6.81. The smallest absolute Gasteiger partial charge is 0.338 e. The van der Waals surface area contributed by atoms with E-state index >= 15 is 0 Å². The molecule has 6 nitrogen and oxygen atoms in total. The third kappa shape index (κ3) is 4.80. The summed E-state index contributed by atoms with van der Waals surface area (Å²) in [7, 11) is 1.31. The normalized spacial score (nSPS) is 11.0. The third-order valence-corrected chi connectivity index (χ3v) is 5.30. The number of esters is 1. The molecule has 3 rings (SSSR count). The molecule has 0 spiro atoms. The minimum Gasteiger partial charge on any atom is -0.465 e. The maximum absolute atomic E-state index is 12.5. The van der Waals surface area contributed by atoms with Gasteiger partial charge in [-0.3, -0.25) is 4.79 Å². The lowest BCUT2D eigenvalue weighted by atomic mass is 10.0. The number of nitrogens with one attached hydrogen (secondary N) is 1. The van der Waals surface area contributed by atoms with E-state index in [1.807, 2.05) is 6.07 Å². The molecular formula is C23H16Cl2N2O4. The van der Waals surface area contributed by atoms with Crippen molar-refractivity contribution in [2.24, 2.45) is 0 Å². The Morgan fingerprint density at radius 1 is 1.13 bits per heavy atom. The summed E-state index contributed by atoms with van der Waals surface area (Å²) < 4.78 is 10.6. The van der Waals surface area contributed by atoms with Crippen LogP contribution in [-0.4, -0.2) is 19.0 Å². The van der Waals surface area contributed by atoms with Crippen LogP contribution in [0.3, 0.4) is 0 Å². The van der Waals surface area contributed by atoms with Crippen molar-refractivity contribution in [2.75, 3.05) is 12.4 Å². The number of rotatable bonds is 5. The van der Waals surface area contributed by atoms with Crippen LogP contribution in [0.5, 0.6) is 0 Å². The number of carbonyl (C=O) groups is 2. The van der Waals surface area contributed by atoms with Crippen molar-refractivity contribution in [3.63, 3.8) is 0 Å². The number of halogens is 2. The van der Waals surface area contributed by atoms with Gasteiger partial charge in [-0.15, -0.1) is 0 Å². The molecule has 8 heteroatoms. The number of hydrogen-bond donors (Lipinski definition) is 1. The van der Waals surface area contributed by atoms with E-state index in [-0.39, 0.29) is 21.3 Å². The summed E-state index contributed by atoms with van der Waals surface area (Å²) in [6, 6.07) is 15.1. The fourth-order valence-corrected chi connectivity index (χ4v) is 3.24. The first-order chi connectivity index (χ1) is 14.8. The van der Waals surface area contributed by atoms with Gasteiger partial charge in [0.1, 0.15) is 23.2 Å². The van der Waals surface area contributed by atoms with Gasteiger partial charge in [-0.05, 0) is 42.8 Å². The first kappa shape index (κ1) is 22.2. The minimum atomic E-state index is -0.659. The Labute approximate surface area is 188 Å². The molecule has 0 saturated heterocycles. The minimum absolute atomic E-state index is 0.177. The first-order valence-electron chi connectivity index (χ1n) is 9.01. The van der Waals surface area contributed by atoms with Gasteiger partial charge < -0.3 is 14.5 Å². The van der Waals surface area contributed by atoms with Crippen LogP contribution in [0.2, 0.25) is 10.0 Å². The van der Waals surface area contributed by atoms with Crippen LogP contribution in [-0.2, 0) is 9.53 Å². The van der Waals surface area contributed by atoms with Crippen LogP contribution in [0.15, 0.2) is 58.5 Å². The molecular weight excluding hydrogens is 439 g/mol. The molecule has 0 saturated carbocycles. The zero-order valence-electron chi connectivity index (χ0n) is 16.5. The second kappa shape index (κ2) is 9.52.